The first-order chi connectivity index (χ1) is 7.08. The first-order valence-electron chi connectivity index (χ1n) is 5.52. The molecule has 2 unspecified atom stereocenters. The van der Waals surface area contributed by atoms with E-state index in [4.69, 9.17) is 4.74 Å². The maximum absolute atomic E-state index is 10.9. The first kappa shape index (κ1) is 12.6. The molecule has 0 aromatic rings. The molecule has 0 N–H and O–H groups in total. The molecule has 0 aromatic heterocycles. The van der Waals surface area contributed by atoms with Crippen LogP contribution < -0.4 is 0 Å². The van der Waals surface area contributed by atoms with E-state index >= 15 is 0 Å². The molecule has 1 saturated heterocycles. The van der Waals surface area contributed by atoms with Crippen molar-refractivity contribution in [3.05, 3.63) is 11.6 Å². The van der Waals surface area contributed by atoms with Gasteiger partial charge in [0.25, 0.3) is 0 Å². The highest BCUT2D eigenvalue weighted by atomic mass is 32.2. The van der Waals surface area contributed by atoms with E-state index in [1.165, 1.54) is 12.0 Å². The van der Waals surface area contributed by atoms with Gasteiger partial charge in [0.05, 0.1) is 5.75 Å². The topological polar surface area (TPSA) is 26.3 Å². The zero-order chi connectivity index (χ0) is 11.3. The van der Waals surface area contributed by atoms with Crippen LogP contribution in [0.2, 0.25) is 0 Å². The summed E-state index contributed by atoms with van der Waals surface area (Å²) < 4.78 is 5.17. The van der Waals surface area contributed by atoms with Crippen LogP contribution in [0.5, 0.6) is 0 Å². The lowest BCUT2D eigenvalue weighted by Crippen LogP contribution is -2.09. The zero-order valence-electron chi connectivity index (χ0n) is 9.79. The lowest BCUT2D eigenvalue weighted by Gasteiger charge is -2.14. The molecule has 0 saturated carbocycles. The molecule has 0 aliphatic carbocycles. The number of hydrogen-bond acceptors (Lipinski definition) is 3. The summed E-state index contributed by atoms with van der Waals surface area (Å²) in [5.41, 5.74) is 1.49. The number of ether oxygens (including phenoxy) is 1. The van der Waals surface area contributed by atoms with E-state index in [1.807, 2.05) is 0 Å². The van der Waals surface area contributed by atoms with E-state index in [-0.39, 0.29) is 11.4 Å². The Balaban J connectivity index is 2.15. The van der Waals surface area contributed by atoms with Gasteiger partial charge in [0.15, 0.2) is 0 Å². The SMILES string of the molecule is CC(C)=CCCC(C)CC1OC(=O)CS1. The summed E-state index contributed by atoms with van der Waals surface area (Å²) in [6, 6.07) is 0. The van der Waals surface area contributed by atoms with E-state index in [2.05, 4.69) is 26.8 Å². The minimum absolute atomic E-state index is 0.0542. The largest absolute Gasteiger partial charge is 0.451 e. The lowest BCUT2D eigenvalue weighted by molar-refractivity contribution is -0.140. The third-order valence-corrected chi connectivity index (χ3v) is 3.52. The Labute approximate surface area is 96.5 Å². The van der Waals surface area contributed by atoms with Gasteiger partial charge in [-0.3, -0.25) is 4.79 Å². The van der Waals surface area contributed by atoms with Crippen molar-refractivity contribution in [2.24, 2.45) is 5.92 Å². The smallest absolute Gasteiger partial charge is 0.317 e. The van der Waals surface area contributed by atoms with Crippen LogP contribution in [0.15, 0.2) is 11.6 Å². The molecule has 0 radical (unpaired) electrons. The highest BCUT2D eigenvalue weighted by molar-refractivity contribution is 8.00. The number of cyclic esters (lactones) is 1. The van der Waals surface area contributed by atoms with Gasteiger partial charge in [-0.1, -0.05) is 18.6 Å². The van der Waals surface area contributed by atoms with Gasteiger partial charge < -0.3 is 4.74 Å². The lowest BCUT2D eigenvalue weighted by atomic mass is 10.0. The van der Waals surface area contributed by atoms with E-state index < -0.39 is 0 Å². The monoisotopic (exact) mass is 228 g/mol. The Morgan fingerprint density at radius 1 is 1.67 bits per heavy atom. The Kier molecular flexibility index (Phi) is 5.23. The molecule has 0 spiro atoms. The van der Waals surface area contributed by atoms with Crippen LogP contribution >= 0.6 is 11.8 Å². The summed E-state index contributed by atoms with van der Waals surface area (Å²) in [5, 5.41) is 0. The molecule has 2 nitrogen and oxygen atoms in total. The highest BCUT2D eigenvalue weighted by Crippen LogP contribution is 2.28. The van der Waals surface area contributed by atoms with Crippen molar-refractivity contribution in [3.63, 3.8) is 0 Å². The number of esters is 1. The Bertz CT molecular complexity index is 244. The van der Waals surface area contributed by atoms with Crippen LogP contribution in [0.4, 0.5) is 0 Å². The normalized spacial score (nSPS) is 22.3. The standard InChI is InChI=1S/C12H20O2S/c1-9(2)5-4-6-10(3)7-12-14-11(13)8-15-12/h5,10,12H,4,6-8H2,1-3H3. The highest BCUT2D eigenvalue weighted by Gasteiger charge is 2.25. The van der Waals surface area contributed by atoms with Crippen molar-refractivity contribution in [2.45, 2.75) is 45.5 Å². The Morgan fingerprint density at radius 3 is 2.93 bits per heavy atom. The number of allylic oxidation sites excluding steroid dienone is 2. The van der Waals surface area contributed by atoms with Gasteiger partial charge >= 0.3 is 5.97 Å². The van der Waals surface area contributed by atoms with Crippen LogP contribution in [-0.4, -0.2) is 17.2 Å². The van der Waals surface area contributed by atoms with Crippen molar-refractivity contribution < 1.29 is 9.53 Å². The molecule has 1 rings (SSSR count). The van der Waals surface area contributed by atoms with E-state index in [1.54, 1.807) is 11.8 Å². The van der Waals surface area contributed by atoms with Crippen molar-refractivity contribution in [2.75, 3.05) is 5.75 Å². The molecule has 1 fully saturated rings. The minimum Gasteiger partial charge on any atom is -0.451 e. The number of rotatable bonds is 5. The molecule has 1 aliphatic heterocycles. The number of carbonyl (C=O) groups excluding carboxylic acids is 1. The molecule has 86 valence electrons. The molecule has 1 aliphatic rings. The van der Waals surface area contributed by atoms with E-state index in [9.17, 15) is 4.79 Å². The predicted molar refractivity (Wildman–Crippen MR) is 64.8 cm³/mol. The van der Waals surface area contributed by atoms with E-state index in [0.717, 1.165) is 12.8 Å². The van der Waals surface area contributed by atoms with Gasteiger partial charge in [-0.25, -0.2) is 0 Å². The molecular weight excluding hydrogens is 208 g/mol. The van der Waals surface area contributed by atoms with Gasteiger partial charge in [0.2, 0.25) is 0 Å². The van der Waals surface area contributed by atoms with Crippen molar-refractivity contribution in [1.29, 1.82) is 0 Å². The molecule has 0 bridgehead atoms. The molecule has 1 heterocycles. The molecule has 0 aromatic carbocycles. The van der Waals surface area contributed by atoms with Gasteiger partial charge in [0, 0.05) is 0 Å². The fraction of sp³-hybridized carbons (Fsp3) is 0.750. The molecule has 0 amide bonds. The maximum Gasteiger partial charge on any atom is 0.317 e. The molecule has 15 heavy (non-hydrogen) atoms. The summed E-state index contributed by atoms with van der Waals surface area (Å²) in [6.07, 6.45) is 5.58. The van der Waals surface area contributed by atoms with Gasteiger partial charge in [0.1, 0.15) is 5.44 Å². The summed E-state index contributed by atoms with van der Waals surface area (Å²) in [5.74, 6) is 1.11. The van der Waals surface area contributed by atoms with Gasteiger partial charge in [-0.2, -0.15) is 0 Å². The average Bonchev–Trinajstić information content (AvgIpc) is 2.50. The van der Waals surface area contributed by atoms with Crippen LogP contribution in [-0.2, 0) is 9.53 Å². The molecule has 2 atom stereocenters. The number of carbonyl (C=O) groups is 1. The summed E-state index contributed by atoms with van der Waals surface area (Å²) in [4.78, 5) is 10.9. The maximum atomic E-state index is 10.9. The van der Waals surface area contributed by atoms with Crippen LogP contribution in [0, 0.1) is 5.92 Å². The Morgan fingerprint density at radius 2 is 2.40 bits per heavy atom. The third-order valence-electron chi connectivity index (χ3n) is 2.46. The second-order valence-corrected chi connectivity index (χ2v) is 5.58. The number of thioether (sulfide) groups is 1. The van der Waals surface area contributed by atoms with Crippen LogP contribution in [0.1, 0.15) is 40.0 Å². The number of hydrogen-bond donors (Lipinski definition) is 0. The molecular formula is C12H20O2S. The van der Waals surface area contributed by atoms with Crippen molar-refractivity contribution in [3.8, 4) is 0 Å². The second kappa shape index (κ2) is 6.21. The van der Waals surface area contributed by atoms with Gasteiger partial charge in [-0.15, -0.1) is 11.8 Å². The van der Waals surface area contributed by atoms with E-state index in [0.29, 0.717) is 11.7 Å². The predicted octanol–water partition coefficient (Wildman–Crippen LogP) is 3.38. The second-order valence-electron chi connectivity index (χ2n) is 4.43. The van der Waals surface area contributed by atoms with Gasteiger partial charge in [-0.05, 0) is 39.0 Å². The minimum atomic E-state index is -0.0542. The van der Waals surface area contributed by atoms with Crippen LogP contribution in [0.3, 0.4) is 0 Å². The van der Waals surface area contributed by atoms with Crippen molar-refractivity contribution in [1.82, 2.24) is 0 Å². The first-order valence-corrected chi connectivity index (χ1v) is 6.57. The molecule has 3 heteroatoms. The zero-order valence-corrected chi connectivity index (χ0v) is 10.6. The summed E-state index contributed by atoms with van der Waals surface area (Å²) in [7, 11) is 0. The fourth-order valence-corrected chi connectivity index (χ4v) is 2.62. The quantitative estimate of drug-likeness (QED) is 0.533. The fourth-order valence-electron chi connectivity index (χ4n) is 1.59. The third kappa shape index (κ3) is 5.26. The van der Waals surface area contributed by atoms with Crippen molar-refractivity contribution >= 4 is 17.7 Å². The summed E-state index contributed by atoms with van der Waals surface area (Å²) >= 11 is 1.63. The summed E-state index contributed by atoms with van der Waals surface area (Å²) in [6.45, 7) is 6.48. The average molecular weight is 228 g/mol. The van der Waals surface area contributed by atoms with Crippen LogP contribution in [0.25, 0.3) is 0 Å². The Hall–Kier alpha value is -0.440.